The molecule has 6 nitrogen and oxygen atoms in total. The van der Waals surface area contributed by atoms with E-state index in [1.165, 1.54) is 12.1 Å². The molecule has 156 valence electrons. The second-order valence-corrected chi connectivity index (χ2v) is 7.01. The summed E-state index contributed by atoms with van der Waals surface area (Å²) in [6.45, 7) is 6.37. The summed E-state index contributed by atoms with van der Waals surface area (Å²) in [4.78, 5) is 9.03. The molecule has 7 heteroatoms. The average Bonchev–Trinajstić information content (AvgIpc) is 2.77. The van der Waals surface area contributed by atoms with Gasteiger partial charge in [-0.15, -0.1) is 0 Å². The van der Waals surface area contributed by atoms with Gasteiger partial charge in [0.1, 0.15) is 11.6 Å². The molecule has 2 aromatic rings. The van der Waals surface area contributed by atoms with Gasteiger partial charge in [-0.2, -0.15) is 0 Å². The van der Waals surface area contributed by atoms with Crippen LogP contribution in [0, 0.1) is 5.82 Å². The Labute approximate surface area is 172 Å². The number of methoxy groups -OCH3 is 1. The standard InChI is InChI=1S/C22H30FN5O/c1-24-22(26-17-18-4-3-5-21(16-18)29-2)25-10-11-27-12-14-28(15-13-27)20-8-6-19(23)7-9-20/h3-9,16H,10-15,17H2,1-2H3,(H2,24,25,26). The highest BCUT2D eigenvalue weighted by Gasteiger charge is 2.16. The minimum absolute atomic E-state index is 0.188. The third-order valence-corrected chi connectivity index (χ3v) is 5.10. The minimum atomic E-state index is -0.188. The van der Waals surface area contributed by atoms with Gasteiger partial charge in [0.2, 0.25) is 0 Å². The Balaban J connectivity index is 1.36. The van der Waals surface area contributed by atoms with E-state index >= 15 is 0 Å². The molecule has 1 heterocycles. The normalized spacial score (nSPS) is 15.3. The van der Waals surface area contributed by atoms with Crippen molar-refractivity contribution in [2.75, 3.05) is 58.3 Å². The molecule has 0 aliphatic carbocycles. The van der Waals surface area contributed by atoms with Crippen molar-refractivity contribution in [3.8, 4) is 5.75 Å². The fourth-order valence-electron chi connectivity index (χ4n) is 3.40. The summed E-state index contributed by atoms with van der Waals surface area (Å²) in [6.07, 6.45) is 0. The van der Waals surface area contributed by atoms with Crippen LogP contribution in [0.5, 0.6) is 5.75 Å². The average molecular weight is 400 g/mol. The fraction of sp³-hybridized carbons (Fsp3) is 0.409. The van der Waals surface area contributed by atoms with Crippen LogP contribution in [-0.4, -0.2) is 64.3 Å². The van der Waals surface area contributed by atoms with Gasteiger partial charge >= 0.3 is 0 Å². The minimum Gasteiger partial charge on any atom is -0.497 e. The SMILES string of the molecule is CN=C(NCCN1CCN(c2ccc(F)cc2)CC1)NCc1cccc(OC)c1. The smallest absolute Gasteiger partial charge is 0.191 e. The predicted octanol–water partition coefficient (Wildman–Crippen LogP) is 2.32. The van der Waals surface area contributed by atoms with Crippen LogP contribution < -0.4 is 20.3 Å². The summed E-state index contributed by atoms with van der Waals surface area (Å²) >= 11 is 0. The molecule has 1 aliphatic rings. The van der Waals surface area contributed by atoms with Gasteiger partial charge in [-0.1, -0.05) is 12.1 Å². The first kappa shape index (κ1) is 20.9. The molecule has 29 heavy (non-hydrogen) atoms. The second-order valence-electron chi connectivity index (χ2n) is 7.01. The zero-order valence-electron chi connectivity index (χ0n) is 17.2. The predicted molar refractivity (Wildman–Crippen MR) is 116 cm³/mol. The van der Waals surface area contributed by atoms with Gasteiger partial charge in [0.25, 0.3) is 0 Å². The summed E-state index contributed by atoms with van der Waals surface area (Å²) in [5.41, 5.74) is 2.23. The first-order chi connectivity index (χ1) is 14.2. The largest absolute Gasteiger partial charge is 0.497 e. The molecule has 3 rings (SSSR count). The lowest BCUT2D eigenvalue weighted by Crippen LogP contribution is -2.49. The van der Waals surface area contributed by atoms with Crippen LogP contribution in [0.25, 0.3) is 0 Å². The molecule has 0 bridgehead atoms. The van der Waals surface area contributed by atoms with Crippen molar-refractivity contribution in [1.29, 1.82) is 0 Å². The number of aliphatic imine (C=N–C) groups is 1. The molecular weight excluding hydrogens is 369 g/mol. The molecule has 2 aromatic carbocycles. The molecule has 0 aromatic heterocycles. The van der Waals surface area contributed by atoms with Crippen LogP contribution in [0.15, 0.2) is 53.5 Å². The second kappa shape index (κ2) is 10.7. The Morgan fingerprint density at radius 3 is 2.52 bits per heavy atom. The van der Waals surface area contributed by atoms with Crippen molar-refractivity contribution in [1.82, 2.24) is 15.5 Å². The molecule has 2 N–H and O–H groups in total. The lowest BCUT2D eigenvalue weighted by Gasteiger charge is -2.36. The molecule has 0 atom stereocenters. The van der Waals surface area contributed by atoms with Gasteiger partial charge in [0, 0.05) is 58.5 Å². The summed E-state index contributed by atoms with van der Waals surface area (Å²) in [6, 6.07) is 14.7. The van der Waals surface area contributed by atoms with Gasteiger partial charge in [-0.25, -0.2) is 4.39 Å². The highest BCUT2D eigenvalue weighted by atomic mass is 19.1. The number of piperazine rings is 1. The number of hydrogen-bond donors (Lipinski definition) is 2. The number of benzene rings is 2. The third-order valence-electron chi connectivity index (χ3n) is 5.10. The van der Waals surface area contributed by atoms with E-state index in [4.69, 9.17) is 4.74 Å². The van der Waals surface area contributed by atoms with E-state index in [-0.39, 0.29) is 5.82 Å². The van der Waals surface area contributed by atoms with Crippen LogP contribution >= 0.6 is 0 Å². The molecule has 0 radical (unpaired) electrons. The molecule has 0 spiro atoms. The van der Waals surface area contributed by atoms with E-state index < -0.39 is 0 Å². The van der Waals surface area contributed by atoms with Gasteiger partial charge in [0.05, 0.1) is 7.11 Å². The number of nitrogens with zero attached hydrogens (tertiary/aromatic N) is 3. The number of ether oxygens (including phenoxy) is 1. The number of anilines is 1. The first-order valence-electron chi connectivity index (χ1n) is 9.98. The highest BCUT2D eigenvalue weighted by Crippen LogP contribution is 2.16. The van der Waals surface area contributed by atoms with Crippen molar-refractivity contribution >= 4 is 11.6 Å². The van der Waals surface area contributed by atoms with E-state index in [2.05, 4.69) is 31.5 Å². The Morgan fingerprint density at radius 2 is 1.83 bits per heavy atom. The van der Waals surface area contributed by atoms with Crippen molar-refractivity contribution < 1.29 is 9.13 Å². The van der Waals surface area contributed by atoms with Gasteiger partial charge in [0.15, 0.2) is 5.96 Å². The number of halogens is 1. The van der Waals surface area contributed by atoms with Gasteiger partial charge in [-0.3, -0.25) is 9.89 Å². The van der Waals surface area contributed by atoms with E-state index in [9.17, 15) is 4.39 Å². The number of guanidine groups is 1. The molecule has 1 aliphatic heterocycles. The Kier molecular flexibility index (Phi) is 7.69. The Morgan fingerprint density at radius 1 is 1.07 bits per heavy atom. The van der Waals surface area contributed by atoms with Crippen LogP contribution in [0.1, 0.15) is 5.56 Å². The topological polar surface area (TPSA) is 52.1 Å². The maximum Gasteiger partial charge on any atom is 0.191 e. The Bertz CT molecular complexity index is 788. The van der Waals surface area contributed by atoms with E-state index in [1.54, 1.807) is 14.2 Å². The number of hydrogen-bond acceptors (Lipinski definition) is 4. The summed E-state index contributed by atoms with van der Waals surface area (Å²) in [7, 11) is 3.45. The van der Waals surface area contributed by atoms with Crippen LogP contribution in [0.3, 0.4) is 0 Å². The number of nitrogens with one attached hydrogen (secondary N) is 2. The third kappa shape index (κ3) is 6.35. The van der Waals surface area contributed by atoms with Crippen LogP contribution in [0.2, 0.25) is 0 Å². The van der Waals surface area contributed by atoms with Crippen LogP contribution in [-0.2, 0) is 6.54 Å². The monoisotopic (exact) mass is 399 g/mol. The quantitative estimate of drug-likeness (QED) is 0.553. The fourth-order valence-corrected chi connectivity index (χ4v) is 3.40. The molecule has 1 saturated heterocycles. The summed E-state index contributed by atoms with van der Waals surface area (Å²) in [5.74, 6) is 1.46. The lowest BCUT2D eigenvalue weighted by atomic mass is 10.2. The highest BCUT2D eigenvalue weighted by molar-refractivity contribution is 5.79. The van der Waals surface area contributed by atoms with Crippen molar-refractivity contribution in [2.45, 2.75) is 6.54 Å². The maximum atomic E-state index is 13.1. The molecule has 1 fully saturated rings. The zero-order chi connectivity index (χ0) is 20.5. The zero-order valence-corrected chi connectivity index (χ0v) is 17.2. The van der Waals surface area contributed by atoms with E-state index in [0.29, 0.717) is 6.54 Å². The Hall–Kier alpha value is -2.80. The molecule has 0 amide bonds. The number of rotatable bonds is 7. The first-order valence-corrected chi connectivity index (χ1v) is 9.98. The van der Waals surface area contributed by atoms with Crippen molar-refractivity contribution in [2.24, 2.45) is 4.99 Å². The summed E-state index contributed by atoms with van der Waals surface area (Å²) in [5, 5.41) is 6.71. The molecule has 0 unspecified atom stereocenters. The summed E-state index contributed by atoms with van der Waals surface area (Å²) < 4.78 is 18.3. The van der Waals surface area contributed by atoms with E-state index in [1.807, 2.05) is 30.3 Å². The van der Waals surface area contributed by atoms with Crippen molar-refractivity contribution in [3.05, 3.63) is 59.9 Å². The van der Waals surface area contributed by atoms with Gasteiger partial charge in [-0.05, 0) is 42.0 Å². The van der Waals surface area contributed by atoms with Crippen LogP contribution in [0.4, 0.5) is 10.1 Å². The molecular formula is C22H30FN5O. The molecule has 0 saturated carbocycles. The van der Waals surface area contributed by atoms with Crippen molar-refractivity contribution in [3.63, 3.8) is 0 Å². The van der Waals surface area contributed by atoms with E-state index in [0.717, 1.165) is 62.2 Å². The lowest BCUT2D eigenvalue weighted by molar-refractivity contribution is 0.261. The maximum absolute atomic E-state index is 13.1. The van der Waals surface area contributed by atoms with Gasteiger partial charge < -0.3 is 20.3 Å².